The largest absolute Gasteiger partial charge is 0.444 e. The SMILES string of the molecule is CC(C)(C)OC(=O)N1CC[C@@H]2NC[C@@H]21.Cl. The number of halogens is 1. The van der Waals surface area contributed by atoms with Crippen LogP contribution in [0.5, 0.6) is 0 Å². The Morgan fingerprint density at radius 2 is 2.13 bits per heavy atom. The summed E-state index contributed by atoms with van der Waals surface area (Å²) in [6.07, 6.45) is 0.899. The predicted molar refractivity (Wildman–Crippen MR) is 60.4 cm³/mol. The monoisotopic (exact) mass is 234 g/mol. The Morgan fingerprint density at radius 3 is 2.53 bits per heavy atom. The molecule has 2 fully saturated rings. The fourth-order valence-corrected chi connectivity index (χ4v) is 2.00. The molecule has 0 radical (unpaired) electrons. The maximum absolute atomic E-state index is 11.7. The van der Waals surface area contributed by atoms with Crippen molar-refractivity contribution < 1.29 is 9.53 Å². The van der Waals surface area contributed by atoms with Crippen LogP contribution in [-0.2, 0) is 4.74 Å². The summed E-state index contributed by atoms with van der Waals surface area (Å²) in [5.41, 5.74) is -0.383. The van der Waals surface area contributed by atoms with Crippen molar-refractivity contribution in [1.82, 2.24) is 10.2 Å². The normalized spacial score (nSPS) is 28.9. The van der Waals surface area contributed by atoms with Crippen LogP contribution < -0.4 is 5.32 Å². The minimum atomic E-state index is -0.383. The molecule has 4 nitrogen and oxygen atoms in total. The Morgan fingerprint density at radius 1 is 1.47 bits per heavy atom. The average molecular weight is 235 g/mol. The van der Waals surface area contributed by atoms with Gasteiger partial charge in [-0.15, -0.1) is 12.4 Å². The first kappa shape index (κ1) is 12.6. The van der Waals surface area contributed by atoms with Gasteiger partial charge in [0.2, 0.25) is 0 Å². The van der Waals surface area contributed by atoms with Crippen molar-refractivity contribution in [3.8, 4) is 0 Å². The molecule has 0 saturated carbocycles. The molecule has 15 heavy (non-hydrogen) atoms. The summed E-state index contributed by atoms with van der Waals surface area (Å²) in [6, 6.07) is 0.896. The lowest BCUT2D eigenvalue weighted by atomic mass is 10.0. The van der Waals surface area contributed by atoms with E-state index in [0.29, 0.717) is 12.1 Å². The molecule has 1 amide bonds. The third kappa shape index (κ3) is 2.55. The number of likely N-dealkylation sites (tertiary alicyclic amines) is 1. The van der Waals surface area contributed by atoms with E-state index in [-0.39, 0.29) is 24.1 Å². The number of rotatable bonds is 0. The van der Waals surface area contributed by atoms with Gasteiger partial charge in [-0.05, 0) is 27.2 Å². The van der Waals surface area contributed by atoms with Crippen LogP contribution in [0.4, 0.5) is 4.79 Å². The zero-order chi connectivity index (χ0) is 10.3. The molecule has 2 aliphatic rings. The number of carbonyl (C=O) groups excluding carboxylic acids is 1. The highest BCUT2D eigenvalue weighted by Crippen LogP contribution is 2.25. The van der Waals surface area contributed by atoms with Crippen molar-refractivity contribution in [3.63, 3.8) is 0 Å². The zero-order valence-corrected chi connectivity index (χ0v) is 10.3. The molecule has 0 aromatic rings. The van der Waals surface area contributed by atoms with Crippen LogP contribution in [0, 0.1) is 0 Å². The zero-order valence-electron chi connectivity index (χ0n) is 9.45. The summed E-state index contributed by atoms with van der Waals surface area (Å²) >= 11 is 0. The highest BCUT2D eigenvalue weighted by molar-refractivity contribution is 5.85. The summed E-state index contributed by atoms with van der Waals surface area (Å²) in [5, 5.41) is 3.31. The van der Waals surface area contributed by atoms with E-state index in [2.05, 4.69) is 5.32 Å². The molecule has 0 bridgehead atoms. The van der Waals surface area contributed by atoms with Gasteiger partial charge < -0.3 is 15.0 Å². The van der Waals surface area contributed by atoms with E-state index < -0.39 is 0 Å². The maximum atomic E-state index is 11.7. The van der Waals surface area contributed by atoms with Crippen molar-refractivity contribution >= 4 is 18.5 Å². The standard InChI is InChI=1S/C10H18N2O2.ClH/c1-10(2,3)14-9(13)12-5-4-7-8(12)6-11-7;/h7-8,11H,4-6H2,1-3H3;1H/t7-,8-;/m0./s1. The number of hydrogen-bond acceptors (Lipinski definition) is 3. The Hall–Kier alpha value is -0.480. The van der Waals surface area contributed by atoms with E-state index in [9.17, 15) is 4.79 Å². The Labute approximate surface area is 96.7 Å². The van der Waals surface area contributed by atoms with Gasteiger partial charge in [0, 0.05) is 19.1 Å². The van der Waals surface area contributed by atoms with E-state index in [1.54, 1.807) is 0 Å². The minimum Gasteiger partial charge on any atom is -0.444 e. The second-order valence-electron chi connectivity index (χ2n) is 5.04. The topological polar surface area (TPSA) is 41.6 Å². The highest BCUT2D eigenvalue weighted by atomic mass is 35.5. The lowest BCUT2D eigenvalue weighted by Crippen LogP contribution is -2.60. The molecule has 2 aliphatic heterocycles. The van der Waals surface area contributed by atoms with E-state index >= 15 is 0 Å². The lowest BCUT2D eigenvalue weighted by Gasteiger charge is -2.37. The Bertz CT molecular complexity index is 252. The summed E-state index contributed by atoms with van der Waals surface area (Å²) < 4.78 is 5.33. The molecule has 2 heterocycles. The van der Waals surface area contributed by atoms with Crippen LogP contribution >= 0.6 is 12.4 Å². The first-order valence-corrected chi connectivity index (χ1v) is 5.20. The summed E-state index contributed by atoms with van der Waals surface area (Å²) in [4.78, 5) is 13.6. The smallest absolute Gasteiger partial charge is 0.410 e. The fourth-order valence-electron chi connectivity index (χ4n) is 2.00. The van der Waals surface area contributed by atoms with Crippen LogP contribution in [0.3, 0.4) is 0 Å². The predicted octanol–water partition coefficient (Wildman–Crippen LogP) is 1.39. The molecule has 88 valence electrons. The maximum Gasteiger partial charge on any atom is 0.410 e. The van der Waals surface area contributed by atoms with Gasteiger partial charge in [-0.25, -0.2) is 4.79 Å². The van der Waals surface area contributed by atoms with Gasteiger partial charge in [0.25, 0.3) is 0 Å². The molecule has 1 N–H and O–H groups in total. The van der Waals surface area contributed by atoms with Gasteiger partial charge >= 0.3 is 6.09 Å². The molecule has 5 heteroatoms. The van der Waals surface area contributed by atoms with Gasteiger partial charge in [-0.2, -0.15) is 0 Å². The van der Waals surface area contributed by atoms with Crippen molar-refractivity contribution in [2.75, 3.05) is 13.1 Å². The van der Waals surface area contributed by atoms with Gasteiger partial charge in [0.15, 0.2) is 0 Å². The number of amides is 1. The second kappa shape index (κ2) is 4.18. The summed E-state index contributed by atoms with van der Waals surface area (Å²) in [5.74, 6) is 0. The fraction of sp³-hybridized carbons (Fsp3) is 0.900. The molecule has 0 aromatic carbocycles. The average Bonchev–Trinajstić information content (AvgIpc) is 2.22. The third-order valence-electron chi connectivity index (χ3n) is 2.76. The first-order valence-electron chi connectivity index (χ1n) is 5.20. The lowest BCUT2D eigenvalue weighted by molar-refractivity contribution is 0.0171. The van der Waals surface area contributed by atoms with Crippen LogP contribution in [0.15, 0.2) is 0 Å². The number of hydrogen-bond donors (Lipinski definition) is 1. The van der Waals surface area contributed by atoms with Crippen LogP contribution in [-0.4, -0.2) is 41.8 Å². The quantitative estimate of drug-likeness (QED) is 0.689. The van der Waals surface area contributed by atoms with Gasteiger partial charge in [-0.3, -0.25) is 0 Å². The van der Waals surface area contributed by atoms with Gasteiger partial charge in [0.05, 0.1) is 6.04 Å². The van der Waals surface area contributed by atoms with Crippen molar-refractivity contribution in [3.05, 3.63) is 0 Å². The molecule has 0 unspecified atom stereocenters. The molecular weight excluding hydrogens is 216 g/mol. The van der Waals surface area contributed by atoms with E-state index in [4.69, 9.17) is 4.74 Å². The molecule has 2 rings (SSSR count). The first-order chi connectivity index (χ1) is 6.47. The van der Waals surface area contributed by atoms with E-state index in [0.717, 1.165) is 19.5 Å². The molecule has 0 aliphatic carbocycles. The van der Waals surface area contributed by atoms with Crippen molar-refractivity contribution in [1.29, 1.82) is 0 Å². The molecule has 0 spiro atoms. The molecule has 2 saturated heterocycles. The van der Waals surface area contributed by atoms with Gasteiger partial charge in [0.1, 0.15) is 5.60 Å². The summed E-state index contributed by atoms with van der Waals surface area (Å²) in [6.45, 7) is 7.45. The third-order valence-corrected chi connectivity index (χ3v) is 2.76. The second-order valence-corrected chi connectivity index (χ2v) is 5.04. The van der Waals surface area contributed by atoms with E-state index in [1.165, 1.54) is 0 Å². The van der Waals surface area contributed by atoms with Crippen LogP contribution in [0.1, 0.15) is 27.2 Å². The molecule has 2 atom stereocenters. The minimum absolute atomic E-state index is 0. The van der Waals surface area contributed by atoms with Crippen molar-refractivity contribution in [2.45, 2.75) is 44.9 Å². The molecule has 0 aromatic heterocycles. The highest BCUT2D eigenvalue weighted by Gasteiger charge is 2.44. The Kier molecular flexibility index (Phi) is 3.51. The van der Waals surface area contributed by atoms with Crippen LogP contribution in [0.25, 0.3) is 0 Å². The van der Waals surface area contributed by atoms with E-state index in [1.807, 2.05) is 25.7 Å². The number of ether oxygens (including phenoxy) is 1. The number of nitrogens with zero attached hydrogens (tertiary/aromatic N) is 1. The van der Waals surface area contributed by atoms with Crippen LogP contribution in [0.2, 0.25) is 0 Å². The number of carbonyl (C=O) groups is 1. The molecular formula is C10H19ClN2O2. The number of fused-ring (bicyclic) bond motifs is 1. The Balaban J connectivity index is 0.00000112. The van der Waals surface area contributed by atoms with Crippen molar-refractivity contribution in [2.24, 2.45) is 0 Å². The summed E-state index contributed by atoms with van der Waals surface area (Å²) in [7, 11) is 0. The van der Waals surface area contributed by atoms with Gasteiger partial charge in [-0.1, -0.05) is 0 Å². The number of nitrogens with one attached hydrogen (secondary N) is 1.